The molecule has 3 aromatic rings. The number of amides is 1. The normalized spacial score (nSPS) is 18.0. The Morgan fingerprint density at radius 3 is 2.58 bits per heavy atom. The average Bonchev–Trinajstić information content (AvgIpc) is 3.38. The van der Waals surface area contributed by atoms with Gasteiger partial charge in [-0.2, -0.15) is 0 Å². The molecule has 5 rings (SSSR count). The fourth-order valence-corrected chi connectivity index (χ4v) is 6.17. The van der Waals surface area contributed by atoms with Crippen molar-refractivity contribution >= 4 is 51.9 Å². The van der Waals surface area contributed by atoms with Crippen molar-refractivity contribution < 1.29 is 23.8 Å². The molecule has 0 spiro atoms. The van der Waals surface area contributed by atoms with Crippen LogP contribution in [0.1, 0.15) is 57.8 Å². The van der Waals surface area contributed by atoms with Crippen LogP contribution in [0.5, 0.6) is 5.88 Å². The van der Waals surface area contributed by atoms with E-state index in [1.165, 1.54) is 0 Å². The number of hydrogen-bond acceptors (Lipinski definition) is 8. The van der Waals surface area contributed by atoms with Crippen molar-refractivity contribution in [3.8, 4) is 5.88 Å². The van der Waals surface area contributed by atoms with Crippen LogP contribution in [0.2, 0.25) is 10.0 Å². The third kappa shape index (κ3) is 6.26. The summed E-state index contributed by atoms with van der Waals surface area (Å²) < 4.78 is 18.6. The molecule has 1 aromatic carbocycles. The number of anilines is 1. The van der Waals surface area contributed by atoms with Gasteiger partial charge in [0.05, 0.1) is 34.4 Å². The van der Waals surface area contributed by atoms with Crippen LogP contribution in [0.25, 0.3) is 10.9 Å². The zero-order chi connectivity index (χ0) is 31.1. The van der Waals surface area contributed by atoms with Gasteiger partial charge in [-0.3, -0.25) is 4.79 Å². The number of benzene rings is 1. The maximum Gasteiger partial charge on any atom is 0.410 e. The molecule has 10 nitrogen and oxygen atoms in total. The van der Waals surface area contributed by atoms with E-state index in [0.717, 1.165) is 25.1 Å². The van der Waals surface area contributed by atoms with Crippen molar-refractivity contribution in [1.82, 2.24) is 14.5 Å². The second-order valence-electron chi connectivity index (χ2n) is 12.2. The number of halogens is 2. The Morgan fingerprint density at radius 2 is 1.91 bits per heavy atom. The maximum absolute atomic E-state index is 13.6. The van der Waals surface area contributed by atoms with Crippen LogP contribution in [0.3, 0.4) is 0 Å². The Hall–Kier alpha value is -3.50. The number of rotatable bonds is 7. The topological polar surface area (TPSA) is 103 Å². The van der Waals surface area contributed by atoms with E-state index < -0.39 is 28.6 Å². The molecule has 0 bridgehead atoms. The summed E-state index contributed by atoms with van der Waals surface area (Å²) in [5.41, 5.74) is -0.461. The number of hydrogen-bond donors (Lipinski definition) is 0. The molecule has 2 aliphatic heterocycles. The van der Waals surface area contributed by atoms with Crippen molar-refractivity contribution in [2.75, 3.05) is 37.7 Å². The molecule has 4 heterocycles. The summed E-state index contributed by atoms with van der Waals surface area (Å²) in [6, 6.07) is 6.97. The van der Waals surface area contributed by atoms with E-state index in [-0.39, 0.29) is 18.2 Å². The molecule has 2 saturated heterocycles. The molecule has 0 saturated carbocycles. The van der Waals surface area contributed by atoms with Crippen LogP contribution in [-0.2, 0) is 15.0 Å². The highest BCUT2D eigenvalue weighted by Gasteiger charge is 2.45. The summed E-state index contributed by atoms with van der Waals surface area (Å²) in [6.07, 6.45) is 4.55. The van der Waals surface area contributed by atoms with E-state index in [0.29, 0.717) is 46.5 Å². The third-order valence-electron chi connectivity index (χ3n) is 7.69. The fourth-order valence-electron chi connectivity index (χ4n) is 5.72. The molecule has 0 aliphatic carbocycles. The number of pyridine rings is 2. The van der Waals surface area contributed by atoms with Crippen LogP contribution >= 0.6 is 23.2 Å². The van der Waals surface area contributed by atoms with Crippen molar-refractivity contribution in [1.29, 1.82) is 0 Å². The van der Waals surface area contributed by atoms with Crippen molar-refractivity contribution in [2.24, 2.45) is 0 Å². The molecular formula is C31H36Cl2N4O6. The van der Waals surface area contributed by atoms with Crippen LogP contribution in [0.15, 0.2) is 41.5 Å². The highest BCUT2D eigenvalue weighted by Crippen LogP contribution is 2.38. The third-order valence-corrected chi connectivity index (χ3v) is 8.28. The number of carbonyl (C=O) groups is 2. The predicted molar refractivity (Wildman–Crippen MR) is 166 cm³/mol. The number of aromatic nitrogens is 2. The minimum atomic E-state index is -0.708. The molecule has 0 radical (unpaired) electrons. The van der Waals surface area contributed by atoms with E-state index in [9.17, 15) is 14.4 Å². The zero-order valence-corrected chi connectivity index (χ0v) is 26.5. The van der Waals surface area contributed by atoms with Gasteiger partial charge in [-0.15, -0.1) is 0 Å². The van der Waals surface area contributed by atoms with Gasteiger partial charge in [-0.05, 0) is 71.7 Å². The predicted octanol–water partition coefficient (Wildman–Crippen LogP) is 5.89. The van der Waals surface area contributed by atoms with E-state index in [1.54, 1.807) is 42.4 Å². The van der Waals surface area contributed by atoms with E-state index >= 15 is 0 Å². The summed E-state index contributed by atoms with van der Waals surface area (Å²) in [5, 5.41) is 1.11. The van der Waals surface area contributed by atoms with Crippen LogP contribution in [-0.4, -0.2) is 71.0 Å². The Kier molecular flexibility index (Phi) is 8.55. The molecule has 0 N–H and O–H groups in total. The Bertz CT molecular complexity index is 1610. The average molecular weight is 632 g/mol. The first kappa shape index (κ1) is 30.9. The van der Waals surface area contributed by atoms with Crippen molar-refractivity contribution in [3.05, 3.63) is 62.5 Å². The highest BCUT2D eigenvalue weighted by atomic mass is 35.5. The monoisotopic (exact) mass is 630 g/mol. The van der Waals surface area contributed by atoms with Gasteiger partial charge in [0.25, 0.3) is 0 Å². The van der Waals surface area contributed by atoms with Gasteiger partial charge in [0.2, 0.25) is 11.3 Å². The summed E-state index contributed by atoms with van der Waals surface area (Å²) in [4.78, 5) is 47.2. The van der Waals surface area contributed by atoms with Gasteiger partial charge in [-0.25, -0.2) is 14.6 Å². The number of carbonyl (C=O) groups excluding carboxylic acids is 2. The summed E-state index contributed by atoms with van der Waals surface area (Å²) in [6.45, 7) is 11.0. The summed E-state index contributed by atoms with van der Waals surface area (Å²) >= 11 is 13.1. The second-order valence-corrected chi connectivity index (χ2v) is 13.0. The van der Waals surface area contributed by atoms with E-state index in [2.05, 4.69) is 9.88 Å². The standard InChI is InChI=1S/C31H36Cl2N4O6/c1-6-41-28(39)21-15-37(31(5)17-35(18-31)29(40)43-30(2,3)4)24-14-25(23(33)13-20(24)26(21)38)36-12-8-9-19(36)16-42-27-22(32)10-7-11-34-27/h7,10-11,13-15,19H,6,8-9,12,16-18H2,1-5H3/t19-/m1/s1. The Labute approximate surface area is 260 Å². The molecule has 43 heavy (non-hydrogen) atoms. The first-order chi connectivity index (χ1) is 20.3. The zero-order valence-electron chi connectivity index (χ0n) is 25.0. The quantitative estimate of drug-likeness (QED) is 0.298. The van der Waals surface area contributed by atoms with E-state index in [4.69, 9.17) is 37.4 Å². The Balaban J connectivity index is 1.53. The van der Waals surface area contributed by atoms with E-state index in [1.807, 2.05) is 38.3 Å². The molecule has 2 fully saturated rings. The first-order valence-corrected chi connectivity index (χ1v) is 15.1. The number of esters is 1. The lowest BCUT2D eigenvalue weighted by Gasteiger charge is -2.49. The second kappa shape index (κ2) is 11.9. The lowest BCUT2D eigenvalue weighted by molar-refractivity contribution is -0.0221. The lowest BCUT2D eigenvalue weighted by atomic mass is 9.90. The number of likely N-dealkylation sites (tertiary alicyclic amines) is 1. The molecular weight excluding hydrogens is 595 g/mol. The lowest BCUT2D eigenvalue weighted by Crippen LogP contribution is -2.63. The van der Waals surface area contributed by atoms with Crippen LogP contribution < -0.4 is 15.1 Å². The number of ether oxygens (including phenoxy) is 3. The Morgan fingerprint density at radius 1 is 1.16 bits per heavy atom. The van der Waals surface area contributed by atoms with Gasteiger partial charge in [-0.1, -0.05) is 23.2 Å². The first-order valence-electron chi connectivity index (χ1n) is 14.4. The SMILES string of the molecule is CCOC(=O)c1cn(C2(C)CN(C(=O)OC(C)(C)C)C2)c2cc(N3CCC[C@@H]3COc3ncccc3Cl)c(Cl)cc2c1=O. The summed E-state index contributed by atoms with van der Waals surface area (Å²) in [5.74, 6) is -0.339. The smallest absolute Gasteiger partial charge is 0.410 e. The maximum atomic E-state index is 13.6. The number of fused-ring (bicyclic) bond motifs is 1. The van der Waals surface area contributed by atoms with Crippen LogP contribution in [0.4, 0.5) is 10.5 Å². The molecule has 2 aromatic heterocycles. The van der Waals surface area contributed by atoms with Gasteiger partial charge in [0.15, 0.2) is 0 Å². The van der Waals surface area contributed by atoms with Gasteiger partial charge in [0, 0.05) is 37.4 Å². The minimum Gasteiger partial charge on any atom is -0.474 e. The van der Waals surface area contributed by atoms with Crippen molar-refractivity contribution in [3.63, 3.8) is 0 Å². The highest BCUT2D eigenvalue weighted by molar-refractivity contribution is 6.34. The number of nitrogens with zero attached hydrogens (tertiary/aromatic N) is 4. The van der Waals surface area contributed by atoms with Gasteiger partial charge >= 0.3 is 12.1 Å². The molecule has 1 amide bonds. The van der Waals surface area contributed by atoms with Crippen LogP contribution in [0, 0.1) is 0 Å². The molecule has 12 heteroatoms. The molecule has 1 atom stereocenters. The van der Waals surface area contributed by atoms with Gasteiger partial charge < -0.3 is 28.6 Å². The van der Waals surface area contributed by atoms with Gasteiger partial charge in [0.1, 0.15) is 22.8 Å². The fraction of sp³-hybridized carbons (Fsp3) is 0.484. The van der Waals surface area contributed by atoms with Crippen molar-refractivity contribution in [2.45, 2.75) is 64.6 Å². The molecule has 0 unspecified atom stereocenters. The largest absolute Gasteiger partial charge is 0.474 e. The molecule has 2 aliphatic rings. The minimum absolute atomic E-state index is 0.00560. The summed E-state index contributed by atoms with van der Waals surface area (Å²) in [7, 11) is 0. The molecule has 230 valence electrons.